The van der Waals surface area contributed by atoms with Crippen LogP contribution in [-0.4, -0.2) is 17.0 Å². The minimum atomic E-state index is -0.935. The molecule has 0 radical (unpaired) electrons. The van der Waals surface area contributed by atoms with Gasteiger partial charge in [-0.25, -0.2) is 0 Å². The second-order valence-corrected chi connectivity index (χ2v) is 5.75. The van der Waals surface area contributed by atoms with Crippen molar-refractivity contribution in [3.63, 3.8) is 0 Å². The Bertz CT molecular complexity index is 665. The Morgan fingerprint density at radius 3 is 2.22 bits per heavy atom. The number of carboxylic acid groups (broad SMARTS) is 1. The van der Waals surface area contributed by atoms with E-state index in [-0.39, 0.29) is 12.3 Å². The van der Waals surface area contributed by atoms with Crippen LogP contribution in [0.5, 0.6) is 0 Å². The fourth-order valence-corrected chi connectivity index (χ4v) is 2.42. The lowest BCUT2D eigenvalue weighted by molar-refractivity contribution is -0.142. The van der Waals surface area contributed by atoms with Crippen molar-refractivity contribution in [3.8, 4) is 0 Å². The van der Waals surface area contributed by atoms with Gasteiger partial charge >= 0.3 is 5.97 Å². The molecule has 0 saturated heterocycles. The molecule has 2 aromatic carbocycles. The number of rotatable bonds is 6. The van der Waals surface area contributed by atoms with Crippen LogP contribution in [0.4, 0.5) is 0 Å². The first-order chi connectivity index (χ1) is 11.0. The molecule has 0 aliphatic rings. The van der Waals surface area contributed by atoms with Crippen LogP contribution in [0.15, 0.2) is 54.6 Å². The fourth-order valence-electron chi connectivity index (χ4n) is 2.42. The van der Waals surface area contributed by atoms with Gasteiger partial charge in [-0.05, 0) is 25.0 Å². The molecule has 4 heteroatoms. The summed E-state index contributed by atoms with van der Waals surface area (Å²) in [5, 5.41) is 12.2. The molecule has 23 heavy (non-hydrogen) atoms. The number of aliphatic carboxylic acids is 1. The maximum Gasteiger partial charge on any atom is 0.308 e. The average Bonchev–Trinajstić information content (AvgIpc) is 2.54. The van der Waals surface area contributed by atoms with Gasteiger partial charge in [-0.2, -0.15) is 0 Å². The Balaban J connectivity index is 2.15. The fraction of sp³-hybridized carbons (Fsp3) is 0.263. The highest BCUT2D eigenvalue weighted by molar-refractivity contribution is 5.80. The van der Waals surface area contributed by atoms with Gasteiger partial charge in [-0.15, -0.1) is 0 Å². The number of hydrogen-bond donors (Lipinski definition) is 2. The van der Waals surface area contributed by atoms with E-state index in [9.17, 15) is 14.7 Å². The zero-order valence-corrected chi connectivity index (χ0v) is 13.3. The summed E-state index contributed by atoms with van der Waals surface area (Å²) in [5.41, 5.74) is 2.79. The lowest BCUT2D eigenvalue weighted by Crippen LogP contribution is -2.36. The van der Waals surface area contributed by atoms with Crippen LogP contribution in [0.3, 0.4) is 0 Å². The summed E-state index contributed by atoms with van der Waals surface area (Å²) < 4.78 is 0. The molecule has 1 amide bonds. The number of hydrogen-bond acceptors (Lipinski definition) is 2. The van der Waals surface area contributed by atoms with E-state index in [1.807, 2.05) is 61.5 Å². The zero-order chi connectivity index (χ0) is 16.8. The number of carbonyl (C=O) groups excluding carboxylic acids is 1. The van der Waals surface area contributed by atoms with Crippen LogP contribution in [0.25, 0.3) is 0 Å². The van der Waals surface area contributed by atoms with Gasteiger partial charge < -0.3 is 10.4 Å². The summed E-state index contributed by atoms with van der Waals surface area (Å²) in [5.74, 6) is -1.83. The summed E-state index contributed by atoms with van der Waals surface area (Å²) in [4.78, 5) is 23.7. The van der Waals surface area contributed by atoms with E-state index in [1.54, 1.807) is 6.92 Å². The predicted octanol–water partition coefficient (Wildman–Crippen LogP) is 3.12. The van der Waals surface area contributed by atoms with Gasteiger partial charge in [-0.3, -0.25) is 9.59 Å². The highest BCUT2D eigenvalue weighted by Crippen LogP contribution is 2.23. The van der Waals surface area contributed by atoms with Crippen molar-refractivity contribution < 1.29 is 14.7 Å². The summed E-state index contributed by atoms with van der Waals surface area (Å²) in [6.07, 6.45) is 0.232. The van der Waals surface area contributed by atoms with Gasteiger partial charge in [-0.1, -0.05) is 60.2 Å². The van der Waals surface area contributed by atoms with Crippen LogP contribution >= 0.6 is 0 Å². The van der Waals surface area contributed by atoms with Crippen LogP contribution in [0.2, 0.25) is 0 Å². The van der Waals surface area contributed by atoms with Gasteiger partial charge in [0, 0.05) is 0 Å². The predicted molar refractivity (Wildman–Crippen MR) is 89.0 cm³/mol. The zero-order valence-electron chi connectivity index (χ0n) is 13.3. The molecule has 2 N–H and O–H groups in total. The lowest BCUT2D eigenvalue weighted by atomic mass is 9.93. The van der Waals surface area contributed by atoms with Crippen LogP contribution in [-0.2, 0) is 16.0 Å². The largest absolute Gasteiger partial charge is 0.481 e. The first-order valence-electron chi connectivity index (χ1n) is 7.60. The van der Waals surface area contributed by atoms with Gasteiger partial charge in [0.15, 0.2) is 0 Å². The molecule has 2 rings (SSSR count). The van der Waals surface area contributed by atoms with E-state index >= 15 is 0 Å². The maximum atomic E-state index is 12.3. The van der Waals surface area contributed by atoms with Gasteiger partial charge in [0.25, 0.3) is 0 Å². The van der Waals surface area contributed by atoms with Gasteiger partial charge in [0.1, 0.15) is 0 Å². The molecule has 0 bridgehead atoms. The minimum Gasteiger partial charge on any atom is -0.481 e. The molecule has 0 saturated carbocycles. The number of carbonyl (C=O) groups is 2. The Morgan fingerprint density at radius 2 is 1.65 bits per heavy atom. The summed E-state index contributed by atoms with van der Waals surface area (Å²) in [7, 11) is 0. The Morgan fingerprint density at radius 1 is 1.04 bits per heavy atom. The molecule has 0 aliphatic heterocycles. The second kappa shape index (κ2) is 7.58. The molecule has 120 valence electrons. The molecular formula is C19H21NO3. The molecule has 2 atom stereocenters. The molecule has 2 aromatic rings. The van der Waals surface area contributed by atoms with Crippen LogP contribution in [0.1, 0.15) is 29.7 Å². The van der Waals surface area contributed by atoms with Crippen molar-refractivity contribution in [2.75, 3.05) is 0 Å². The third-order valence-corrected chi connectivity index (χ3v) is 3.85. The average molecular weight is 311 g/mol. The molecule has 0 heterocycles. The number of benzene rings is 2. The van der Waals surface area contributed by atoms with E-state index in [1.165, 1.54) is 0 Å². The Kier molecular flexibility index (Phi) is 5.52. The second-order valence-electron chi connectivity index (χ2n) is 5.75. The van der Waals surface area contributed by atoms with Crippen molar-refractivity contribution in [2.45, 2.75) is 26.3 Å². The minimum absolute atomic E-state index is 0.185. The molecule has 0 unspecified atom stereocenters. The first-order valence-corrected chi connectivity index (χ1v) is 7.60. The van der Waals surface area contributed by atoms with E-state index in [0.29, 0.717) is 0 Å². The van der Waals surface area contributed by atoms with Crippen molar-refractivity contribution >= 4 is 11.9 Å². The van der Waals surface area contributed by atoms with E-state index < -0.39 is 17.9 Å². The molecular weight excluding hydrogens is 290 g/mol. The molecule has 4 nitrogen and oxygen atoms in total. The Labute approximate surface area is 136 Å². The maximum absolute atomic E-state index is 12.3. The summed E-state index contributed by atoms with van der Waals surface area (Å²) in [6, 6.07) is 16.4. The molecule has 0 aromatic heterocycles. The topological polar surface area (TPSA) is 66.4 Å². The van der Waals surface area contributed by atoms with Crippen molar-refractivity contribution in [1.29, 1.82) is 0 Å². The SMILES string of the molecule is Cc1ccc([C@@H](NC(=O)Cc2ccccc2)[C@@H](C)C(=O)O)cc1. The monoisotopic (exact) mass is 311 g/mol. The summed E-state index contributed by atoms with van der Waals surface area (Å²) in [6.45, 7) is 3.57. The van der Waals surface area contributed by atoms with Crippen LogP contribution < -0.4 is 5.32 Å². The van der Waals surface area contributed by atoms with Crippen molar-refractivity contribution in [3.05, 3.63) is 71.3 Å². The number of carboxylic acids is 1. The number of amides is 1. The van der Waals surface area contributed by atoms with Crippen molar-refractivity contribution in [1.82, 2.24) is 5.32 Å². The summed E-state index contributed by atoms with van der Waals surface area (Å²) >= 11 is 0. The van der Waals surface area contributed by atoms with Crippen LogP contribution in [0, 0.1) is 12.8 Å². The van der Waals surface area contributed by atoms with Crippen molar-refractivity contribution in [2.24, 2.45) is 5.92 Å². The van der Waals surface area contributed by atoms with E-state index in [4.69, 9.17) is 0 Å². The van der Waals surface area contributed by atoms with E-state index in [0.717, 1.165) is 16.7 Å². The lowest BCUT2D eigenvalue weighted by Gasteiger charge is -2.23. The quantitative estimate of drug-likeness (QED) is 0.861. The van der Waals surface area contributed by atoms with E-state index in [2.05, 4.69) is 5.32 Å². The molecule has 0 fully saturated rings. The highest BCUT2D eigenvalue weighted by Gasteiger charge is 2.26. The number of nitrogens with one attached hydrogen (secondary N) is 1. The van der Waals surface area contributed by atoms with Gasteiger partial charge in [0.2, 0.25) is 5.91 Å². The number of aryl methyl sites for hydroxylation is 1. The first kappa shape index (κ1) is 16.7. The molecule has 0 aliphatic carbocycles. The third kappa shape index (κ3) is 4.68. The third-order valence-electron chi connectivity index (χ3n) is 3.85. The molecule has 0 spiro atoms. The normalized spacial score (nSPS) is 13.1. The standard InChI is InChI=1S/C19H21NO3/c1-13-8-10-16(11-9-13)18(14(2)19(22)23)20-17(21)12-15-6-4-3-5-7-15/h3-11,14,18H,12H2,1-2H3,(H,20,21)(H,22,23)/t14-,18+/m1/s1. The Hall–Kier alpha value is -2.62. The van der Waals surface area contributed by atoms with Gasteiger partial charge in [0.05, 0.1) is 18.4 Å². The smallest absolute Gasteiger partial charge is 0.308 e. The highest BCUT2D eigenvalue weighted by atomic mass is 16.4.